The van der Waals surface area contributed by atoms with Crippen molar-refractivity contribution in [3.8, 4) is 11.8 Å². The third kappa shape index (κ3) is 2.94. The molecular formula is C10H10ClN. The molecule has 0 atom stereocenters. The highest BCUT2D eigenvalue weighted by molar-refractivity contribution is 6.18. The van der Waals surface area contributed by atoms with Crippen molar-refractivity contribution in [2.75, 3.05) is 5.88 Å². The van der Waals surface area contributed by atoms with Crippen LogP contribution in [0.4, 0.5) is 0 Å². The molecule has 0 radical (unpaired) electrons. The van der Waals surface area contributed by atoms with E-state index >= 15 is 0 Å². The Bertz CT molecular complexity index is 309. The molecule has 12 heavy (non-hydrogen) atoms. The molecule has 0 spiro atoms. The third-order valence-electron chi connectivity index (χ3n) is 1.33. The number of rotatable bonds is 1. The molecule has 0 unspecified atom stereocenters. The quantitative estimate of drug-likeness (QED) is 0.477. The average molecular weight is 180 g/mol. The summed E-state index contributed by atoms with van der Waals surface area (Å²) in [4.78, 5) is 4.03. The van der Waals surface area contributed by atoms with E-state index in [1.54, 1.807) is 6.20 Å². The van der Waals surface area contributed by atoms with Crippen LogP contribution in [0.1, 0.15) is 17.5 Å². The molecule has 0 saturated heterocycles. The number of hydrogen-bond acceptors (Lipinski definition) is 1. The van der Waals surface area contributed by atoms with Crippen LogP contribution in [0.3, 0.4) is 0 Å². The van der Waals surface area contributed by atoms with Crippen LogP contribution in [0.15, 0.2) is 18.5 Å². The van der Waals surface area contributed by atoms with Crippen molar-refractivity contribution < 1.29 is 0 Å². The van der Waals surface area contributed by atoms with Crippen molar-refractivity contribution in [2.45, 2.75) is 13.3 Å². The molecule has 1 rings (SSSR count). The van der Waals surface area contributed by atoms with E-state index in [1.807, 2.05) is 19.2 Å². The van der Waals surface area contributed by atoms with Gasteiger partial charge in [0.2, 0.25) is 0 Å². The molecule has 0 saturated carbocycles. The first-order valence-corrected chi connectivity index (χ1v) is 4.33. The predicted octanol–water partition coefficient (Wildman–Crippen LogP) is 2.37. The zero-order valence-corrected chi connectivity index (χ0v) is 7.73. The number of nitrogens with zero attached hydrogens (tertiary/aromatic N) is 1. The maximum absolute atomic E-state index is 5.48. The summed E-state index contributed by atoms with van der Waals surface area (Å²) in [5.41, 5.74) is 2.09. The summed E-state index contributed by atoms with van der Waals surface area (Å²) in [6.07, 6.45) is 4.30. The second-order valence-corrected chi connectivity index (χ2v) is 2.87. The van der Waals surface area contributed by atoms with Crippen molar-refractivity contribution in [3.05, 3.63) is 29.6 Å². The van der Waals surface area contributed by atoms with Crippen LogP contribution in [0, 0.1) is 18.8 Å². The van der Waals surface area contributed by atoms with Crippen molar-refractivity contribution in [2.24, 2.45) is 0 Å². The number of pyridine rings is 1. The van der Waals surface area contributed by atoms with Crippen molar-refractivity contribution in [1.29, 1.82) is 0 Å². The minimum Gasteiger partial charge on any atom is -0.263 e. The summed E-state index contributed by atoms with van der Waals surface area (Å²) in [6.45, 7) is 2.00. The largest absolute Gasteiger partial charge is 0.263 e. The summed E-state index contributed by atoms with van der Waals surface area (Å²) in [7, 11) is 0. The summed E-state index contributed by atoms with van der Waals surface area (Å²) < 4.78 is 0. The van der Waals surface area contributed by atoms with Gasteiger partial charge in [0.05, 0.1) is 0 Å². The molecule has 0 fully saturated rings. The summed E-state index contributed by atoms with van der Waals surface area (Å²) in [5, 5.41) is 0. The lowest BCUT2D eigenvalue weighted by Gasteiger charge is -1.90. The first-order valence-electron chi connectivity index (χ1n) is 3.79. The summed E-state index contributed by atoms with van der Waals surface area (Å²) >= 11 is 5.48. The summed E-state index contributed by atoms with van der Waals surface area (Å²) in [5.74, 6) is 6.54. The van der Waals surface area contributed by atoms with Gasteiger partial charge in [0.25, 0.3) is 0 Å². The maximum Gasteiger partial charge on any atom is 0.0431 e. The Kier molecular flexibility index (Phi) is 3.63. The van der Waals surface area contributed by atoms with Crippen LogP contribution in [0.25, 0.3) is 0 Å². The van der Waals surface area contributed by atoms with E-state index in [-0.39, 0.29) is 0 Å². The van der Waals surface area contributed by atoms with E-state index in [0.717, 1.165) is 17.5 Å². The van der Waals surface area contributed by atoms with E-state index in [4.69, 9.17) is 11.6 Å². The van der Waals surface area contributed by atoms with Crippen LogP contribution in [0.5, 0.6) is 0 Å². The molecule has 1 heterocycles. The topological polar surface area (TPSA) is 12.9 Å². The lowest BCUT2D eigenvalue weighted by molar-refractivity contribution is 1.25. The van der Waals surface area contributed by atoms with Gasteiger partial charge in [-0.25, -0.2) is 0 Å². The van der Waals surface area contributed by atoms with E-state index in [1.165, 1.54) is 0 Å². The van der Waals surface area contributed by atoms with Crippen LogP contribution in [-0.2, 0) is 0 Å². The second-order valence-electron chi connectivity index (χ2n) is 2.49. The fourth-order valence-corrected chi connectivity index (χ4v) is 0.930. The minimum atomic E-state index is 0.590. The van der Waals surface area contributed by atoms with Gasteiger partial charge in [0.15, 0.2) is 0 Å². The monoisotopic (exact) mass is 179 g/mol. The molecule has 1 aromatic heterocycles. The van der Waals surface area contributed by atoms with Gasteiger partial charge in [-0.05, 0) is 18.6 Å². The molecule has 0 aromatic carbocycles. The van der Waals surface area contributed by atoms with E-state index in [0.29, 0.717) is 5.88 Å². The van der Waals surface area contributed by atoms with Gasteiger partial charge in [-0.2, -0.15) is 0 Å². The summed E-state index contributed by atoms with van der Waals surface area (Å²) in [6, 6.07) is 2.01. The first kappa shape index (κ1) is 9.09. The Morgan fingerprint density at radius 2 is 2.33 bits per heavy atom. The highest BCUT2D eigenvalue weighted by Crippen LogP contribution is 1.98. The Morgan fingerprint density at radius 3 is 3.00 bits per heavy atom. The Labute approximate surface area is 77.8 Å². The molecule has 1 aromatic rings. The molecule has 62 valence electrons. The maximum atomic E-state index is 5.48. The van der Waals surface area contributed by atoms with Crippen LogP contribution in [-0.4, -0.2) is 10.9 Å². The molecular weight excluding hydrogens is 170 g/mol. The van der Waals surface area contributed by atoms with E-state index in [9.17, 15) is 0 Å². The van der Waals surface area contributed by atoms with Gasteiger partial charge in [-0.15, -0.1) is 11.6 Å². The number of halogens is 1. The Hall–Kier alpha value is -1.00. The molecule has 0 aliphatic heterocycles. The predicted molar refractivity (Wildman–Crippen MR) is 51.2 cm³/mol. The van der Waals surface area contributed by atoms with E-state index in [2.05, 4.69) is 16.8 Å². The van der Waals surface area contributed by atoms with E-state index < -0.39 is 0 Å². The second kappa shape index (κ2) is 4.79. The van der Waals surface area contributed by atoms with Gasteiger partial charge in [-0.3, -0.25) is 4.98 Å². The van der Waals surface area contributed by atoms with Crippen molar-refractivity contribution >= 4 is 11.6 Å². The van der Waals surface area contributed by atoms with Crippen LogP contribution >= 0.6 is 11.6 Å². The molecule has 0 amide bonds. The number of aromatic nitrogens is 1. The molecule has 0 aliphatic rings. The fourth-order valence-electron chi connectivity index (χ4n) is 0.835. The SMILES string of the molecule is Cc1cncc(C#CCCCl)c1. The number of hydrogen-bond donors (Lipinski definition) is 0. The van der Waals surface area contributed by atoms with Gasteiger partial charge >= 0.3 is 0 Å². The standard InChI is InChI=1S/C10H10ClN/c1-9-6-10(8-12-7-9)4-2-3-5-11/h6-8H,3,5H2,1H3. The van der Waals surface area contributed by atoms with Crippen molar-refractivity contribution in [3.63, 3.8) is 0 Å². The first-order chi connectivity index (χ1) is 5.83. The zero-order chi connectivity index (χ0) is 8.81. The normalized spacial score (nSPS) is 8.83. The number of aryl methyl sites for hydroxylation is 1. The zero-order valence-electron chi connectivity index (χ0n) is 6.97. The fraction of sp³-hybridized carbons (Fsp3) is 0.300. The molecule has 0 aliphatic carbocycles. The van der Waals surface area contributed by atoms with Crippen molar-refractivity contribution in [1.82, 2.24) is 4.98 Å². The Balaban J connectivity index is 2.71. The van der Waals surface area contributed by atoms with Gasteiger partial charge < -0.3 is 0 Å². The minimum absolute atomic E-state index is 0.590. The molecule has 2 heteroatoms. The van der Waals surface area contributed by atoms with Crippen LogP contribution in [0.2, 0.25) is 0 Å². The molecule has 0 N–H and O–H groups in total. The third-order valence-corrected chi connectivity index (χ3v) is 1.52. The molecule has 1 nitrogen and oxygen atoms in total. The lowest BCUT2D eigenvalue weighted by Crippen LogP contribution is -1.80. The highest BCUT2D eigenvalue weighted by atomic mass is 35.5. The smallest absolute Gasteiger partial charge is 0.0431 e. The Morgan fingerprint density at radius 1 is 1.50 bits per heavy atom. The molecule has 0 bridgehead atoms. The number of alkyl halides is 1. The van der Waals surface area contributed by atoms with Gasteiger partial charge in [-0.1, -0.05) is 11.8 Å². The van der Waals surface area contributed by atoms with Crippen LogP contribution < -0.4 is 0 Å². The average Bonchev–Trinajstić information content (AvgIpc) is 2.05. The van der Waals surface area contributed by atoms with Gasteiger partial charge in [0.1, 0.15) is 0 Å². The highest BCUT2D eigenvalue weighted by Gasteiger charge is 1.86. The lowest BCUT2D eigenvalue weighted by atomic mass is 10.2. The van der Waals surface area contributed by atoms with Gasteiger partial charge in [0, 0.05) is 30.3 Å².